The molecule has 0 aliphatic heterocycles. The maximum atomic E-state index is 11.3. The molecule has 0 spiro atoms. The first-order valence-electron chi connectivity index (χ1n) is 5.63. The minimum Gasteiger partial charge on any atom is -0.349 e. The summed E-state index contributed by atoms with van der Waals surface area (Å²) >= 11 is 0. The first kappa shape index (κ1) is 12.5. The van der Waals surface area contributed by atoms with Gasteiger partial charge in [-0.05, 0) is 25.8 Å². The Hall–Kier alpha value is -0.610. The summed E-state index contributed by atoms with van der Waals surface area (Å²) in [4.78, 5) is 15.2. The summed E-state index contributed by atoms with van der Waals surface area (Å²) in [6.45, 7) is 1.93. The summed E-state index contributed by atoms with van der Waals surface area (Å²) in [7, 11) is 5.67. The average molecular weight is 213 g/mol. The van der Waals surface area contributed by atoms with Gasteiger partial charge in [-0.25, -0.2) is 0 Å². The number of nitrogens with zero attached hydrogens (tertiary/aromatic N) is 2. The summed E-state index contributed by atoms with van der Waals surface area (Å²) in [5, 5.41) is 0. The van der Waals surface area contributed by atoms with Crippen molar-refractivity contribution in [2.24, 2.45) is 11.7 Å². The van der Waals surface area contributed by atoms with E-state index in [1.165, 1.54) is 0 Å². The number of nitrogens with two attached hydrogens (primary N) is 1. The van der Waals surface area contributed by atoms with Gasteiger partial charge in [0, 0.05) is 39.6 Å². The zero-order valence-electron chi connectivity index (χ0n) is 10.1. The molecule has 0 saturated heterocycles. The molecule has 4 heteroatoms. The van der Waals surface area contributed by atoms with Crippen LogP contribution in [-0.2, 0) is 4.79 Å². The first-order valence-corrected chi connectivity index (χ1v) is 5.63. The fourth-order valence-corrected chi connectivity index (χ4v) is 1.98. The standard InChI is InChI=1S/C11H23N3O/c1-13(2)11(15)4-5-14(3)8-9-6-10(12)7-9/h9-10H,4-8,12H2,1-3H3. The molecule has 2 N–H and O–H groups in total. The van der Waals surface area contributed by atoms with Gasteiger partial charge in [-0.2, -0.15) is 0 Å². The van der Waals surface area contributed by atoms with E-state index in [2.05, 4.69) is 11.9 Å². The molecule has 0 aromatic heterocycles. The maximum absolute atomic E-state index is 11.3. The van der Waals surface area contributed by atoms with Crippen LogP contribution in [-0.4, -0.2) is 56.0 Å². The zero-order valence-corrected chi connectivity index (χ0v) is 10.1. The summed E-state index contributed by atoms with van der Waals surface area (Å²) in [6.07, 6.45) is 2.90. The fraction of sp³-hybridized carbons (Fsp3) is 0.909. The number of carbonyl (C=O) groups excluding carboxylic acids is 1. The van der Waals surface area contributed by atoms with Crippen LogP contribution < -0.4 is 5.73 Å². The zero-order chi connectivity index (χ0) is 11.4. The summed E-state index contributed by atoms with van der Waals surface area (Å²) in [6, 6.07) is 0.423. The molecule has 0 heterocycles. The molecular weight excluding hydrogens is 190 g/mol. The van der Waals surface area contributed by atoms with E-state index in [-0.39, 0.29) is 5.91 Å². The number of rotatable bonds is 5. The van der Waals surface area contributed by atoms with Crippen LogP contribution in [0, 0.1) is 5.92 Å². The number of amides is 1. The predicted octanol–water partition coefficient (Wildman–Crippen LogP) is 0.134. The Labute approximate surface area is 92.4 Å². The van der Waals surface area contributed by atoms with Crippen molar-refractivity contribution in [3.8, 4) is 0 Å². The fourth-order valence-electron chi connectivity index (χ4n) is 1.98. The van der Waals surface area contributed by atoms with E-state index in [9.17, 15) is 4.79 Å². The van der Waals surface area contributed by atoms with Gasteiger partial charge in [0.2, 0.25) is 5.91 Å². The molecule has 1 aliphatic rings. The lowest BCUT2D eigenvalue weighted by atomic mass is 9.80. The molecule has 0 radical (unpaired) electrons. The van der Waals surface area contributed by atoms with E-state index in [0.29, 0.717) is 12.5 Å². The van der Waals surface area contributed by atoms with Crippen LogP contribution in [0.2, 0.25) is 0 Å². The molecular formula is C11H23N3O. The molecule has 1 rings (SSSR count). The number of hydrogen-bond donors (Lipinski definition) is 1. The molecule has 0 aromatic rings. The third kappa shape index (κ3) is 4.18. The Balaban J connectivity index is 2.08. The monoisotopic (exact) mass is 213 g/mol. The van der Waals surface area contributed by atoms with Crippen LogP contribution in [0.5, 0.6) is 0 Å². The lowest BCUT2D eigenvalue weighted by Crippen LogP contribution is -2.42. The molecule has 0 unspecified atom stereocenters. The van der Waals surface area contributed by atoms with Crippen molar-refractivity contribution in [2.45, 2.75) is 25.3 Å². The van der Waals surface area contributed by atoms with Crippen molar-refractivity contribution in [3.63, 3.8) is 0 Å². The second kappa shape index (κ2) is 5.47. The minimum absolute atomic E-state index is 0.201. The van der Waals surface area contributed by atoms with Crippen LogP contribution in [0.3, 0.4) is 0 Å². The second-order valence-electron chi connectivity index (χ2n) is 4.90. The summed E-state index contributed by atoms with van der Waals surface area (Å²) in [5.41, 5.74) is 5.73. The lowest BCUT2D eigenvalue weighted by Gasteiger charge is -2.35. The molecule has 0 bridgehead atoms. The van der Waals surface area contributed by atoms with Gasteiger partial charge < -0.3 is 15.5 Å². The number of hydrogen-bond acceptors (Lipinski definition) is 3. The van der Waals surface area contributed by atoms with E-state index in [1.54, 1.807) is 19.0 Å². The molecule has 1 fully saturated rings. The minimum atomic E-state index is 0.201. The molecule has 1 amide bonds. The Morgan fingerprint density at radius 2 is 1.93 bits per heavy atom. The Morgan fingerprint density at radius 3 is 2.40 bits per heavy atom. The smallest absolute Gasteiger partial charge is 0.223 e. The second-order valence-corrected chi connectivity index (χ2v) is 4.90. The third-order valence-electron chi connectivity index (χ3n) is 3.05. The average Bonchev–Trinajstić information content (AvgIpc) is 2.11. The summed E-state index contributed by atoms with van der Waals surface area (Å²) in [5.74, 6) is 0.951. The van der Waals surface area contributed by atoms with Crippen molar-refractivity contribution in [1.82, 2.24) is 9.80 Å². The van der Waals surface area contributed by atoms with Crippen LogP contribution in [0.4, 0.5) is 0 Å². The first-order chi connectivity index (χ1) is 6.99. The Bertz CT molecular complexity index is 212. The highest BCUT2D eigenvalue weighted by Crippen LogP contribution is 2.25. The molecule has 0 aromatic carbocycles. The molecule has 1 saturated carbocycles. The quantitative estimate of drug-likeness (QED) is 0.706. The molecule has 88 valence electrons. The van der Waals surface area contributed by atoms with E-state index in [1.807, 2.05) is 0 Å². The van der Waals surface area contributed by atoms with Gasteiger partial charge in [0.05, 0.1) is 0 Å². The van der Waals surface area contributed by atoms with Gasteiger partial charge in [0.25, 0.3) is 0 Å². The highest BCUT2D eigenvalue weighted by molar-refractivity contribution is 5.75. The molecule has 1 aliphatic carbocycles. The highest BCUT2D eigenvalue weighted by Gasteiger charge is 2.26. The predicted molar refractivity (Wildman–Crippen MR) is 61.5 cm³/mol. The Kier molecular flexibility index (Phi) is 4.54. The van der Waals surface area contributed by atoms with E-state index < -0.39 is 0 Å². The van der Waals surface area contributed by atoms with Crippen molar-refractivity contribution >= 4 is 5.91 Å². The van der Waals surface area contributed by atoms with Crippen LogP contribution >= 0.6 is 0 Å². The van der Waals surface area contributed by atoms with Gasteiger partial charge in [-0.15, -0.1) is 0 Å². The van der Waals surface area contributed by atoms with Gasteiger partial charge in [0.1, 0.15) is 0 Å². The largest absolute Gasteiger partial charge is 0.349 e. The molecule has 15 heavy (non-hydrogen) atoms. The van der Waals surface area contributed by atoms with Crippen molar-refractivity contribution < 1.29 is 4.79 Å². The SMILES string of the molecule is CN(CCC(=O)N(C)C)CC1CC(N)C1. The van der Waals surface area contributed by atoms with E-state index in [0.717, 1.165) is 31.8 Å². The maximum Gasteiger partial charge on any atom is 0.223 e. The molecule has 0 atom stereocenters. The third-order valence-corrected chi connectivity index (χ3v) is 3.05. The van der Waals surface area contributed by atoms with Gasteiger partial charge in [-0.1, -0.05) is 0 Å². The van der Waals surface area contributed by atoms with Gasteiger partial charge in [-0.3, -0.25) is 4.79 Å². The van der Waals surface area contributed by atoms with Crippen LogP contribution in [0.15, 0.2) is 0 Å². The normalized spacial score (nSPS) is 25.1. The number of carbonyl (C=O) groups is 1. The Morgan fingerprint density at radius 1 is 1.33 bits per heavy atom. The van der Waals surface area contributed by atoms with Crippen LogP contribution in [0.25, 0.3) is 0 Å². The topological polar surface area (TPSA) is 49.6 Å². The van der Waals surface area contributed by atoms with Gasteiger partial charge in [0.15, 0.2) is 0 Å². The highest BCUT2D eigenvalue weighted by atomic mass is 16.2. The van der Waals surface area contributed by atoms with E-state index in [4.69, 9.17) is 5.73 Å². The van der Waals surface area contributed by atoms with Crippen molar-refractivity contribution in [2.75, 3.05) is 34.2 Å². The van der Waals surface area contributed by atoms with Crippen molar-refractivity contribution in [3.05, 3.63) is 0 Å². The lowest BCUT2D eigenvalue weighted by molar-refractivity contribution is -0.129. The van der Waals surface area contributed by atoms with Crippen molar-refractivity contribution in [1.29, 1.82) is 0 Å². The molecule has 4 nitrogen and oxygen atoms in total. The van der Waals surface area contributed by atoms with Crippen LogP contribution in [0.1, 0.15) is 19.3 Å². The summed E-state index contributed by atoms with van der Waals surface area (Å²) < 4.78 is 0. The van der Waals surface area contributed by atoms with Gasteiger partial charge >= 0.3 is 0 Å². The van der Waals surface area contributed by atoms with E-state index >= 15 is 0 Å².